The molecule has 0 saturated carbocycles. The predicted octanol–water partition coefficient (Wildman–Crippen LogP) is 3.48. The molecule has 0 aliphatic carbocycles. The molecule has 2 rings (SSSR count). The molecular weight excluding hydrogens is 266 g/mol. The standard InChI is InChI=1S/C16H23N3S/c1-3-9-17-12-15-13-19(18-14(15)2)10-11-20-16-7-5-4-6-8-16/h4-8,13,17H,3,9-12H2,1-2H3. The van der Waals surface area contributed by atoms with Crippen LogP contribution in [0.4, 0.5) is 0 Å². The van der Waals surface area contributed by atoms with E-state index in [1.165, 1.54) is 16.9 Å². The van der Waals surface area contributed by atoms with E-state index in [1.807, 2.05) is 11.8 Å². The SMILES string of the molecule is CCCNCc1cn(CCSc2ccccc2)nc1C. The maximum absolute atomic E-state index is 4.58. The van der Waals surface area contributed by atoms with Crippen molar-refractivity contribution in [3.05, 3.63) is 47.8 Å². The number of aryl methyl sites for hydroxylation is 2. The Morgan fingerprint density at radius 3 is 2.80 bits per heavy atom. The first-order chi connectivity index (χ1) is 9.79. The summed E-state index contributed by atoms with van der Waals surface area (Å²) in [7, 11) is 0. The molecule has 0 bridgehead atoms. The summed E-state index contributed by atoms with van der Waals surface area (Å²) in [4.78, 5) is 1.32. The van der Waals surface area contributed by atoms with Gasteiger partial charge in [-0.15, -0.1) is 11.8 Å². The minimum atomic E-state index is 0.922. The number of nitrogens with one attached hydrogen (secondary N) is 1. The fourth-order valence-electron chi connectivity index (χ4n) is 2.02. The van der Waals surface area contributed by atoms with Gasteiger partial charge in [0.05, 0.1) is 12.2 Å². The molecule has 1 heterocycles. The van der Waals surface area contributed by atoms with Gasteiger partial charge in [0, 0.05) is 29.0 Å². The van der Waals surface area contributed by atoms with Crippen LogP contribution < -0.4 is 5.32 Å². The van der Waals surface area contributed by atoms with Crippen LogP contribution in [0.1, 0.15) is 24.6 Å². The van der Waals surface area contributed by atoms with Crippen LogP contribution in [0.3, 0.4) is 0 Å². The summed E-state index contributed by atoms with van der Waals surface area (Å²) in [6.45, 7) is 7.21. The normalized spacial score (nSPS) is 10.9. The predicted molar refractivity (Wildman–Crippen MR) is 86.1 cm³/mol. The third-order valence-corrected chi connectivity index (χ3v) is 4.11. The number of rotatable bonds is 8. The van der Waals surface area contributed by atoms with Gasteiger partial charge in [0.15, 0.2) is 0 Å². The van der Waals surface area contributed by atoms with Crippen LogP contribution in [0.25, 0.3) is 0 Å². The van der Waals surface area contributed by atoms with Crippen LogP contribution in [0.15, 0.2) is 41.4 Å². The van der Waals surface area contributed by atoms with Crippen LogP contribution in [0.2, 0.25) is 0 Å². The highest BCUT2D eigenvalue weighted by Crippen LogP contribution is 2.17. The molecule has 0 radical (unpaired) electrons. The molecular formula is C16H23N3S. The molecule has 0 aliphatic heterocycles. The molecule has 0 amide bonds. The van der Waals surface area contributed by atoms with E-state index in [0.717, 1.165) is 31.1 Å². The summed E-state index contributed by atoms with van der Waals surface area (Å²) in [5, 5.41) is 8.01. The maximum Gasteiger partial charge on any atom is 0.0638 e. The molecule has 0 saturated heterocycles. The van der Waals surface area contributed by atoms with Crippen molar-refractivity contribution in [2.75, 3.05) is 12.3 Å². The Bertz CT molecular complexity index is 508. The van der Waals surface area contributed by atoms with Gasteiger partial charge in [-0.25, -0.2) is 0 Å². The van der Waals surface area contributed by atoms with Gasteiger partial charge < -0.3 is 5.32 Å². The fraction of sp³-hybridized carbons (Fsp3) is 0.438. The second-order valence-electron chi connectivity index (χ2n) is 4.84. The van der Waals surface area contributed by atoms with Gasteiger partial charge in [-0.3, -0.25) is 4.68 Å². The topological polar surface area (TPSA) is 29.9 Å². The highest BCUT2D eigenvalue weighted by Gasteiger charge is 2.04. The number of thioether (sulfide) groups is 1. The Labute approximate surface area is 125 Å². The zero-order valence-corrected chi connectivity index (χ0v) is 13.1. The molecule has 0 atom stereocenters. The minimum absolute atomic E-state index is 0.922. The lowest BCUT2D eigenvalue weighted by Crippen LogP contribution is -2.13. The molecule has 1 N–H and O–H groups in total. The van der Waals surface area contributed by atoms with Crippen molar-refractivity contribution >= 4 is 11.8 Å². The maximum atomic E-state index is 4.58. The van der Waals surface area contributed by atoms with Gasteiger partial charge in [-0.2, -0.15) is 5.10 Å². The first kappa shape index (κ1) is 15.1. The Morgan fingerprint density at radius 2 is 2.05 bits per heavy atom. The highest BCUT2D eigenvalue weighted by molar-refractivity contribution is 7.99. The van der Waals surface area contributed by atoms with E-state index in [4.69, 9.17) is 0 Å². The molecule has 0 fully saturated rings. The average Bonchev–Trinajstić information content (AvgIpc) is 2.81. The third kappa shape index (κ3) is 4.69. The number of hydrogen-bond donors (Lipinski definition) is 1. The van der Waals surface area contributed by atoms with E-state index >= 15 is 0 Å². The largest absolute Gasteiger partial charge is 0.313 e. The molecule has 0 aliphatic rings. The monoisotopic (exact) mass is 289 g/mol. The Hall–Kier alpha value is -1.26. The van der Waals surface area contributed by atoms with E-state index in [9.17, 15) is 0 Å². The molecule has 108 valence electrons. The van der Waals surface area contributed by atoms with E-state index < -0.39 is 0 Å². The third-order valence-electron chi connectivity index (χ3n) is 3.12. The zero-order chi connectivity index (χ0) is 14.2. The number of benzene rings is 1. The molecule has 0 spiro atoms. The minimum Gasteiger partial charge on any atom is -0.313 e. The summed E-state index contributed by atoms with van der Waals surface area (Å²) < 4.78 is 2.06. The first-order valence-electron chi connectivity index (χ1n) is 7.21. The summed E-state index contributed by atoms with van der Waals surface area (Å²) in [5.74, 6) is 1.05. The second kappa shape index (κ2) is 8.12. The van der Waals surface area contributed by atoms with E-state index in [0.29, 0.717) is 0 Å². The lowest BCUT2D eigenvalue weighted by atomic mass is 10.2. The highest BCUT2D eigenvalue weighted by atomic mass is 32.2. The van der Waals surface area contributed by atoms with Crippen molar-refractivity contribution in [1.82, 2.24) is 15.1 Å². The first-order valence-corrected chi connectivity index (χ1v) is 8.19. The van der Waals surface area contributed by atoms with Crippen molar-refractivity contribution in [2.45, 2.75) is 38.3 Å². The molecule has 1 aromatic heterocycles. The second-order valence-corrected chi connectivity index (χ2v) is 6.01. The van der Waals surface area contributed by atoms with E-state index in [2.05, 4.69) is 65.5 Å². The van der Waals surface area contributed by atoms with Gasteiger partial charge in [0.25, 0.3) is 0 Å². The smallest absolute Gasteiger partial charge is 0.0638 e. The van der Waals surface area contributed by atoms with Crippen molar-refractivity contribution in [1.29, 1.82) is 0 Å². The number of hydrogen-bond acceptors (Lipinski definition) is 3. The van der Waals surface area contributed by atoms with E-state index in [-0.39, 0.29) is 0 Å². The van der Waals surface area contributed by atoms with Crippen molar-refractivity contribution in [2.24, 2.45) is 0 Å². The molecule has 3 nitrogen and oxygen atoms in total. The van der Waals surface area contributed by atoms with Gasteiger partial charge in [-0.1, -0.05) is 25.1 Å². The van der Waals surface area contributed by atoms with E-state index in [1.54, 1.807) is 0 Å². The van der Waals surface area contributed by atoms with Crippen LogP contribution in [-0.2, 0) is 13.1 Å². The molecule has 20 heavy (non-hydrogen) atoms. The van der Waals surface area contributed by atoms with Crippen LogP contribution in [0, 0.1) is 6.92 Å². The average molecular weight is 289 g/mol. The molecule has 1 aromatic carbocycles. The van der Waals surface area contributed by atoms with Crippen LogP contribution in [0.5, 0.6) is 0 Å². The Morgan fingerprint density at radius 1 is 1.25 bits per heavy atom. The Kier molecular flexibility index (Phi) is 6.15. The summed E-state index contributed by atoms with van der Waals surface area (Å²) in [6.07, 6.45) is 3.34. The number of aromatic nitrogens is 2. The van der Waals surface area contributed by atoms with Crippen molar-refractivity contribution < 1.29 is 0 Å². The van der Waals surface area contributed by atoms with Gasteiger partial charge in [-0.05, 0) is 32.0 Å². The van der Waals surface area contributed by atoms with Gasteiger partial charge in [0.2, 0.25) is 0 Å². The Balaban J connectivity index is 1.80. The quantitative estimate of drug-likeness (QED) is 0.596. The zero-order valence-electron chi connectivity index (χ0n) is 12.3. The molecule has 4 heteroatoms. The summed E-state index contributed by atoms with van der Waals surface area (Å²) in [5.41, 5.74) is 2.45. The molecule has 0 unspecified atom stereocenters. The number of nitrogens with zero attached hydrogens (tertiary/aromatic N) is 2. The van der Waals surface area contributed by atoms with Gasteiger partial charge in [0.1, 0.15) is 0 Å². The van der Waals surface area contributed by atoms with Crippen LogP contribution in [-0.4, -0.2) is 22.1 Å². The van der Waals surface area contributed by atoms with Crippen LogP contribution >= 0.6 is 11.8 Å². The van der Waals surface area contributed by atoms with Crippen molar-refractivity contribution in [3.8, 4) is 0 Å². The summed E-state index contributed by atoms with van der Waals surface area (Å²) in [6, 6.07) is 10.5. The molecule has 2 aromatic rings. The van der Waals surface area contributed by atoms with Gasteiger partial charge >= 0.3 is 0 Å². The van der Waals surface area contributed by atoms with Crippen molar-refractivity contribution in [3.63, 3.8) is 0 Å². The lowest BCUT2D eigenvalue weighted by molar-refractivity contribution is 0.656. The lowest BCUT2D eigenvalue weighted by Gasteiger charge is -2.02. The summed E-state index contributed by atoms with van der Waals surface area (Å²) >= 11 is 1.88. The fourth-order valence-corrected chi connectivity index (χ4v) is 2.88.